The number of thioether (sulfide) groups is 1. The number of anilines is 2. The number of hydrogen-bond donors (Lipinski definition) is 1. The Bertz CT molecular complexity index is 525. The van der Waals surface area contributed by atoms with Crippen molar-refractivity contribution in [3.8, 4) is 0 Å². The first-order valence-electron chi connectivity index (χ1n) is 8.49. The topological polar surface area (TPSA) is 35.6 Å². The molecule has 1 aromatic carbocycles. The Morgan fingerprint density at radius 2 is 1.96 bits per heavy atom. The summed E-state index contributed by atoms with van der Waals surface area (Å²) in [4.78, 5) is 16.9. The van der Waals surface area contributed by atoms with Gasteiger partial charge in [0.25, 0.3) is 0 Å². The van der Waals surface area contributed by atoms with Crippen LogP contribution in [0.1, 0.15) is 26.3 Å². The van der Waals surface area contributed by atoms with Gasteiger partial charge in [0, 0.05) is 37.6 Å². The first-order chi connectivity index (χ1) is 11.0. The van der Waals surface area contributed by atoms with Crippen LogP contribution in [0.5, 0.6) is 0 Å². The molecule has 0 saturated carbocycles. The third kappa shape index (κ3) is 5.43. The Kier molecular flexibility index (Phi) is 6.78. The highest BCUT2D eigenvalue weighted by Crippen LogP contribution is 2.24. The van der Waals surface area contributed by atoms with Crippen molar-refractivity contribution >= 4 is 29.0 Å². The molecule has 5 heteroatoms. The largest absolute Gasteiger partial charge is 0.369 e. The second-order valence-electron chi connectivity index (χ2n) is 6.33. The van der Waals surface area contributed by atoms with E-state index < -0.39 is 0 Å². The molecule has 128 valence electrons. The second-order valence-corrected chi connectivity index (χ2v) is 7.89. The van der Waals surface area contributed by atoms with Crippen LogP contribution in [0, 0.1) is 6.92 Å². The number of aryl methyl sites for hydroxylation is 1. The van der Waals surface area contributed by atoms with Crippen molar-refractivity contribution in [3.63, 3.8) is 0 Å². The number of rotatable bonds is 6. The number of hydrogen-bond acceptors (Lipinski definition) is 4. The molecule has 1 fully saturated rings. The minimum Gasteiger partial charge on any atom is -0.369 e. The molecule has 0 unspecified atom stereocenters. The van der Waals surface area contributed by atoms with Gasteiger partial charge in [-0.3, -0.25) is 4.79 Å². The van der Waals surface area contributed by atoms with E-state index in [0.717, 1.165) is 44.0 Å². The molecule has 1 N–H and O–H groups in total. The molecule has 0 spiro atoms. The Labute approximate surface area is 144 Å². The molecule has 0 radical (unpaired) electrons. The number of nitrogens with zero attached hydrogens (tertiary/aromatic N) is 2. The lowest BCUT2D eigenvalue weighted by molar-refractivity contribution is -0.113. The smallest absolute Gasteiger partial charge is 0.234 e. The molecule has 1 heterocycles. The first-order valence-corrected chi connectivity index (χ1v) is 9.54. The number of amides is 1. The number of piperazine rings is 1. The number of carbonyl (C=O) groups is 1. The van der Waals surface area contributed by atoms with Gasteiger partial charge >= 0.3 is 0 Å². The van der Waals surface area contributed by atoms with Crippen LogP contribution in [-0.2, 0) is 4.79 Å². The van der Waals surface area contributed by atoms with E-state index in [-0.39, 0.29) is 5.91 Å². The van der Waals surface area contributed by atoms with Crippen LogP contribution in [0.4, 0.5) is 11.4 Å². The minimum absolute atomic E-state index is 0.0797. The molecule has 1 amide bonds. The summed E-state index contributed by atoms with van der Waals surface area (Å²) in [5.74, 6) is 0.591. The minimum atomic E-state index is 0.0797. The van der Waals surface area contributed by atoms with Crippen molar-refractivity contribution in [2.75, 3.05) is 48.7 Å². The van der Waals surface area contributed by atoms with E-state index >= 15 is 0 Å². The van der Waals surface area contributed by atoms with E-state index in [2.05, 4.69) is 54.9 Å². The molecular weight excluding hydrogens is 306 g/mol. The van der Waals surface area contributed by atoms with Crippen LogP contribution < -0.4 is 10.2 Å². The fraction of sp³-hybridized carbons (Fsp3) is 0.611. The third-order valence-electron chi connectivity index (χ3n) is 4.22. The highest BCUT2D eigenvalue weighted by Gasteiger charge is 2.16. The first kappa shape index (κ1) is 18.1. The zero-order chi connectivity index (χ0) is 16.8. The van der Waals surface area contributed by atoms with Crippen molar-refractivity contribution in [2.45, 2.75) is 32.9 Å². The molecule has 23 heavy (non-hydrogen) atoms. The lowest BCUT2D eigenvalue weighted by Gasteiger charge is -2.35. The maximum absolute atomic E-state index is 12.0. The second kappa shape index (κ2) is 8.60. The highest BCUT2D eigenvalue weighted by molar-refractivity contribution is 8.00. The van der Waals surface area contributed by atoms with Gasteiger partial charge in [-0.2, -0.15) is 0 Å². The van der Waals surface area contributed by atoms with Gasteiger partial charge in [-0.15, -0.1) is 11.8 Å². The van der Waals surface area contributed by atoms with E-state index in [1.165, 1.54) is 5.69 Å². The third-order valence-corrected chi connectivity index (χ3v) is 5.31. The maximum Gasteiger partial charge on any atom is 0.234 e. The molecule has 1 saturated heterocycles. The molecule has 2 rings (SSSR count). The fourth-order valence-electron chi connectivity index (χ4n) is 2.74. The van der Waals surface area contributed by atoms with E-state index in [1.54, 1.807) is 11.8 Å². The summed E-state index contributed by atoms with van der Waals surface area (Å²) < 4.78 is 0. The molecule has 0 aromatic heterocycles. The summed E-state index contributed by atoms with van der Waals surface area (Å²) in [6.07, 6.45) is 0. The van der Waals surface area contributed by atoms with Gasteiger partial charge in [0.2, 0.25) is 5.91 Å². The summed E-state index contributed by atoms with van der Waals surface area (Å²) in [5.41, 5.74) is 3.31. The highest BCUT2D eigenvalue weighted by atomic mass is 32.2. The van der Waals surface area contributed by atoms with E-state index in [1.807, 2.05) is 6.07 Å². The van der Waals surface area contributed by atoms with Crippen molar-refractivity contribution in [2.24, 2.45) is 0 Å². The number of likely N-dealkylation sites (N-methyl/N-ethyl adjacent to an activating group) is 1. The number of benzene rings is 1. The molecule has 1 aliphatic heterocycles. The summed E-state index contributed by atoms with van der Waals surface area (Å²) in [5, 5.41) is 3.50. The van der Waals surface area contributed by atoms with E-state index in [0.29, 0.717) is 11.0 Å². The predicted octanol–water partition coefficient (Wildman–Crippen LogP) is 3.22. The van der Waals surface area contributed by atoms with E-state index in [4.69, 9.17) is 0 Å². The van der Waals surface area contributed by atoms with Crippen LogP contribution in [-0.4, -0.2) is 54.5 Å². The Balaban J connectivity index is 1.94. The fourth-order valence-corrected chi connectivity index (χ4v) is 3.29. The number of carbonyl (C=O) groups excluding carboxylic acids is 1. The van der Waals surface area contributed by atoms with Crippen molar-refractivity contribution in [1.82, 2.24) is 4.90 Å². The molecular formula is C18H29N3OS. The molecule has 4 nitrogen and oxygen atoms in total. The SMILES string of the molecule is CCN1CCN(c2ccc(NC(=O)CSC(C)C)c(C)c2)CC1. The average Bonchev–Trinajstić information content (AvgIpc) is 2.55. The van der Waals surface area contributed by atoms with Gasteiger partial charge in [0.1, 0.15) is 0 Å². The summed E-state index contributed by atoms with van der Waals surface area (Å²) in [6.45, 7) is 14.0. The average molecular weight is 336 g/mol. The van der Waals surface area contributed by atoms with Gasteiger partial charge in [-0.05, 0) is 42.5 Å². The van der Waals surface area contributed by atoms with Gasteiger partial charge < -0.3 is 15.1 Å². The Morgan fingerprint density at radius 1 is 1.26 bits per heavy atom. The zero-order valence-corrected chi connectivity index (χ0v) is 15.6. The summed E-state index contributed by atoms with van der Waals surface area (Å²) >= 11 is 1.67. The lowest BCUT2D eigenvalue weighted by Crippen LogP contribution is -2.46. The molecule has 0 atom stereocenters. The van der Waals surface area contributed by atoms with Crippen molar-refractivity contribution in [1.29, 1.82) is 0 Å². The molecule has 1 aliphatic rings. The normalized spacial score (nSPS) is 16.0. The van der Waals surface area contributed by atoms with Crippen LogP contribution in [0.2, 0.25) is 0 Å². The van der Waals surface area contributed by atoms with Gasteiger partial charge in [0.05, 0.1) is 5.75 Å². The van der Waals surface area contributed by atoms with Gasteiger partial charge in [-0.25, -0.2) is 0 Å². The molecule has 0 aliphatic carbocycles. The van der Waals surface area contributed by atoms with Crippen LogP contribution >= 0.6 is 11.8 Å². The molecule has 1 aromatic rings. The summed E-state index contributed by atoms with van der Waals surface area (Å²) in [6, 6.07) is 6.35. The predicted molar refractivity (Wildman–Crippen MR) is 102 cm³/mol. The zero-order valence-electron chi connectivity index (χ0n) is 14.8. The number of nitrogens with one attached hydrogen (secondary N) is 1. The van der Waals surface area contributed by atoms with E-state index in [9.17, 15) is 4.79 Å². The Morgan fingerprint density at radius 3 is 2.52 bits per heavy atom. The lowest BCUT2D eigenvalue weighted by atomic mass is 10.1. The van der Waals surface area contributed by atoms with Crippen molar-refractivity contribution < 1.29 is 4.79 Å². The van der Waals surface area contributed by atoms with Crippen molar-refractivity contribution in [3.05, 3.63) is 23.8 Å². The standard InChI is InChI=1S/C18H29N3OS/c1-5-20-8-10-21(11-9-20)16-6-7-17(15(4)12-16)19-18(22)13-23-14(2)3/h6-7,12,14H,5,8-11,13H2,1-4H3,(H,19,22). The van der Waals surface area contributed by atoms with Crippen LogP contribution in [0.3, 0.4) is 0 Å². The molecule has 0 bridgehead atoms. The monoisotopic (exact) mass is 335 g/mol. The Hall–Kier alpha value is -1.20. The maximum atomic E-state index is 12.0. The summed E-state index contributed by atoms with van der Waals surface area (Å²) in [7, 11) is 0. The van der Waals surface area contributed by atoms with Gasteiger partial charge in [0.15, 0.2) is 0 Å². The van der Waals surface area contributed by atoms with Gasteiger partial charge in [-0.1, -0.05) is 20.8 Å². The van der Waals surface area contributed by atoms with Crippen LogP contribution in [0.15, 0.2) is 18.2 Å². The quantitative estimate of drug-likeness (QED) is 0.866. The van der Waals surface area contributed by atoms with Crippen LogP contribution in [0.25, 0.3) is 0 Å².